The van der Waals surface area contributed by atoms with Gasteiger partial charge in [0.15, 0.2) is 11.6 Å². The Kier molecular flexibility index (Phi) is 13.5. The molecule has 10 nitrogen and oxygen atoms in total. The lowest BCUT2D eigenvalue weighted by molar-refractivity contribution is -0.161. The van der Waals surface area contributed by atoms with Crippen molar-refractivity contribution < 1.29 is 47.3 Å². The summed E-state index contributed by atoms with van der Waals surface area (Å²) in [4.78, 5) is 49.6. The molecule has 0 atom stereocenters. The zero-order valence-electron chi connectivity index (χ0n) is 41.8. The second-order valence-corrected chi connectivity index (χ2v) is 22.8. The van der Waals surface area contributed by atoms with Crippen LogP contribution in [0, 0.1) is 46.1 Å². The van der Waals surface area contributed by atoms with Gasteiger partial charge in [-0.25, -0.2) is 8.78 Å². The first kappa shape index (κ1) is 48.9. The van der Waals surface area contributed by atoms with Crippen LogP contribution in [0.3, 0.4) is 0 Å². The van der Waals surface area contributed by atoms with Crippen LogP contribution in [0.4, 0.5) is 8.78 Å². The number of carbonyl (C=O) groups is 4. The number of aromatic nitrogens is 2. The third-order valence-electron chi connectivity index (χ3n) is 17.5. The van der Waals surface area contributed by atoms with Gasteiger partial charge in [0.05, 0.1) is 42.2 Å². The Hall–Kier alpha value is -6.30. The van der Waals surface area contributed by atoms with Crippen LogP contribution >= 0.6 is 0 Å². The number of hydrogen-bond donors (Lipinski definition) is 1. The fourth-order valence-electron chi connectivity index (χ4n) is 13.9. The largest absolute Gasteiger partial charge is 0.490 e. The standard InChI is InChI=1S/C31H34FNO4.C30H32FNO4/c1-36-30(35)22-17-31(18-22)15-21(16-31)14-28(34)26-10-11-27(32)25-12-13-33(29(25)26)19-20-6-8-24(9-7-20)37-23-4-2-3-5-23;31-26-10-9-25(27(33)13-20-14-30(15-20)16-21(17-30)29(34)35)28-24(26)11-12-32(28)18-19-5-7-23(8-6-19)36-22-3-1-2-4-22/h6-13,21-23H,2-5,14-19H2,1H3;5-12,20-22H,1-4,13-18H2,(H,34,35). The number of carbonyl (C=O) groups excluding carboxylic acids is 3. The molecule has 6 aliphatic carbocycles. The second kappa shape index (κ2) is 20.2. The molecule has 6 fully saturated rings. The molecule has 6 aliphatic rings. The van der Waals surface area contributed by atoms with Crippen molar-refractivity contribution in [2.24, 2.45) is 34.5 Å². The molecule has 0 radical (unpaired) electrons. The highest BCUT2D eigenvalue weighted by Gasteiger charge is 2.56. The maximum atomic E-state index is 14.7. The first-order valence-electron chi connectivity index (χ1n) is 26.7. The SMILES string of the molecule is COC(=O)C1CC2(CC(CC(=O)c3ccc(F)c4ccn(Cc5ccc(OC6CCCC6)cc5)c34)C2)C1.O=C(CC1CC2(C1)CC(C(=O)O)C2)c1ccc(F)c2ccn(Cc3ccc(OC4CCCC4)cc3)c12. The van der Waals surface area contributed by atoms with Crippen LogP contribution < -0.4 is 9.47 Å². The lowest BCUT2D eigenvalue weighted by Crippen LogP contribution is -2.50. The van der Waals surface area contributed by atoms with E-state index >= 15 is 0 Å². The number of carboxylic acids is 1. The number of methoxy groups -OCH3 is 1. The maximum Gasteiger partial charge on any atom is 0.308 e. The van der Waals surface area contributed by atoms with Crippen LogP contribution in [0.25, 0.3) is 21.8 Å². The minimum atomic E-state index is -0.703. The normalized spacial score (nSPS) is 25.4. The monoisotopic (exact) mass is 992 g/mol. The molecule has 12 rings (SSSR count). The number of esters is 1. The van der Waals surface area contributed by atoms with Crippen LogP contribution in [0.5, 0.6) is 11.5 Å². The first-order chi connectivity index (χ1) is 35.3. The average Bonchev–Trinajstić information content (AvgIpc) is 4.19. The molecule has 0 aliphatic heterocycles. The van der Waals surface area contributed by atoms with Gasteiger partial charge in [0, 0.05) is 60.2 Å². The molecule has 2 aromatic heterocycles. The number of Topliss-reactive ketones (excluding diaryl/α,β-unsaturated/α-hetero) is 2. The van der Waals surface area contributed by atoms with Gasteiger partial charge in [0.25, 0.3) is 0 Å². The zero-order valence-corrected chi connectivity index (χ0v) is 41.8. The number of carboxylic acid groups (broad SMARTS) is 1. The van der Waals surface area contributed by atoms with Crippen molar-refractivity contribution in [2.75, 3.05) is 7.11 Å². The van der Waals surface area contributed by atoms with E-state index in [2.05, 4.69) is 0 Å². The van der Waals surface area contributed by atoms with Gasteiger partial charge in [-0.3, -0.25) is 19.2 Å². The quantitative estimate of drug-likeness (QED) is 0.0750. The Morgan fingerprint density at radius 2 is 0.945 bits per heavy atom. The van der Waals surface area contributed by atoms with Crippen molar-refractivity contribution in [3.05, 3.63) is 131 Å². The molecule has 0 bridgehead atoms. The van der Waals surface area contributed by atoms with Crippen LogP contribution in [0.2, 0.25) is 0 Å². The van der Waals surface area contributed by atoms with E-state index in [0.29, 0.717) is 77.0 Å². The lowest BCUT2D eigenvalue weighted by Gasteiger charge is -2.57. The molecule has 0 amide bonds. The first-order valence-corrected chi connectivity index (χ1v) is 26.7. The third-order valence-corrected chi connectivity index (χ3v) is 17.5. The number of halogens is 2. The molecule has 4 aromatic carbocycles. The third kappa shape index (κ3) is 10.2. The van der Waals surface area contributed by atoms with Gasteiger partial charge in [-0.15, -0.1) is 0 Å². The summed E-state index contributed by atoms with van der Waals surface area (Å²) in [6, 6.07) is 25.7. The molecule has 12 heteroatoms. The molecule has 6 saturated carbocycles. The van der Waals surface area contributed by atoms with Crippen LogP contribution in [0.1, 0.15) is 147 Å². The summed E-state index contributed by atoms with van der Waals surface area (Å²) in [5.74, 6) is 0.820. The van der Waals surface area contributed by atoms with Gasteiger partial charge in [-0.2, -0.15) is 0 Å². The predicted octanol–water partition coefficient (Wildman–Crippen LogP) is 13.3. The number of aliphatic carboxylic acids is 1. The summed E-state index contributed by atoms with van der Waals surface area (Å²) in [6.07, 6.45) is 21.7. The van der Waals surface area contributed by atoms with Gasteiger partial charge in [-0.05, 0) is 197 Å². The Morgan fingerprint density at radius 3 is 1.33 bits per heavy atom. The number of hydrogen-bond acceptors (Lipinski definition) is 7. The van der Waals surface area contributed by atoms with Crippen LogP contribution in [0.15, 0.2) is 97.3 Å². The van der Waals surface area contributed by atoms with E-state index in [4.69, 9.17) is 19.3 Å². The van der Waals surface area contributed by atoms with E-state index in [1.807, 2.05) is 70.1 Å². The highest BCUT2D eigenvalue weighted by Crippen LogP contribution is 2.63. The van der Waals surface area contributed by atoms with Gasteiger partial charge in [0.2, 0.25) is 0 Å². The number of nitrogens with zero attached hydrogens (tertiary/aromatic N) is 2. The molecule has 2 heterocycles. The van der Waals surface area contributed by atoms with Crippen molar-refractivity contribution in [1.29, 1.82) is 0 Å². The molecular formula is C61H66F2N2O8. The number of ether oxygens (including phenoxy) is 3. The van der Waals surface area contributed by atoms with Crippen LogP contribution in [-0.2, 0) is 27.4 Å². The fourth-order valence-corrected chi connectivity index (χ4v) is 13.9. The van der Waals surface area contributed by atoms with Crippen molar-refractivity contribution >= 4 is 45.3 Å². The predicted molar refractivity (Wildman–Crippen MR) is 274 cm³/mol. The number of rotatable bonds is 16. The topological polar surface area (TPSA) is 126 Å². The van der Waals surface area contributed by atoms with Crippen molar-refractivity contribution in [3.8, 4) is 11.5 Å². The fraction of sp³-hybridized carbons (Fsp3) is 0.475. The van der Waals surface area contributed by atoms with Gasteiger partial charge < -0.3 is 28.5 Å². The van der Waals surface area contributed by atoms with E-state index in [1.54, 1.807) is 24.3 Å². The Balaban J connectivity index is 0.000000157. The summed E-state index contributed by atoms with van der Waals surface area (Å²) in [5.41, 5.74) is 4.96. The van der Waals surface area contributed by atoms with Gasteiger partial charge in [0.1, 0.15) is 23.1 Å². The van der Waals surface area contributed by atoms with E-state index in [1.165, 1.54) is 44.9 Å². The highest BCUT2D eigenvalue weighted by atomic mass is 19.1. The summed E-state index contributed by atoms with van der Waals surface area (Å²) >= 11 is 0. The van der Waals surface area contributed by atoms with Crippen molar-refractivity contribution in [1.82, 2.24) is 9.13 Å². The molecule has 73 heavy (non-hydrogen) atoms. The van der Waals surface area contributed by atoms with E-state index in [0.717, 1.165) is 99.7 Å². The van der Waals surface area contributed by atoms with E-state index in [9.17, 15) is 28.0 Å². The Bertz CT molecular complexity index is 3010. The van der Waals surface area contributed by atoms with Crippen molar-refractivity contribution in [2.45, 2.75) is 141 Å². The highest BCUT2D eigenvalue weighted by molar-refractivity contribution is 6.08. The smallest absolute Gasteiger partial charge is 0.308 e. The lowest BCUT2D eigenvalue weighted by atomic mass is 9.47. The van der Waals surface area contributed by atoms with E-state index in [-0.39, 0.29) is 57.8 Å². The Morgan fingerprint density at radius 1 is 0.548 bits per heavy atom. The zero-order chi connectivity index (χ0) is 50.4. The average molecular weight is 993 g/mol. The second-order valence-electron chi connectivity index (χ2n) is 22.8. The molecule has 382 valence electrons. The minimum Gasteiger partial charge on any atom is -0.490 e. The summed E-state index contributed by atoms with van der Waals surface area (Å²) in [7, 11) is 1.44. The molecule has 0 saturated heterocycles. The maximum absolute atomic E-state index is 14.7. The number of ketones is 2. The summed E-state index contributed by atoms with van der Waals surface area (Å²) in [5, 5.41) is 10.1. The number of fused-ring (bicyclic) bond motifs is 2. The molecular weight excluding hydrogens is 927 g/mol. The molecule has 0 unspecified atom stereocenters. The molecule has 1 N–H and O–H groups in total. The van der Waals surface area contributed by atoms with E-state index < -0.39 is 5.97 Å². The number of benzene rings is 4. The molecule has 2 spiro atoms. The van der Waals surface area contributed by atoms with Gasteiger partial charge in [-0.1, -0.05) is 24.3 Å². The van der Waals surface area contributed by atoms with Crippen molar-refractivity contribution in [3.63, 3.8) is 0 Å². The Labute approximate surface area is 425 Å². The summed E-state index contributed by atoms with van der Waals surface area (Å²) < 4.78 is 50.3. The molecule has 6 aromatic rings. The van der Waals surface area contributed by atoms with Gasteiger partial charge >= 0.3 is 11.9 Å². The van der Waals surface area contributed by atoms with Crippen LogP contribution in [-0.4, -0.2) is 57.1 Å². The summed E-state index contributed by atoms with van der Waals surface area (Å²) in [6.45, 7) is 1.10. The minimum absolute atomic E-state index is 0.0185.